The van der Waals surface area contributed by atoms with Crippen molar-refractivity contribution in [3.05, 3.63) is 65.7 Å². The van der Waals surface area contributed by atoms with Gasteiger partial charge in [-0.25, -0.2) is 4.39 Å². The van der Waals surface area contributed by atoms with Crippen LogP contribution < -0.4 is 5.32 Å². The van der Waals surface area contributed by atoms with Gasteiger partial charge in [-0.05, 0) is 17.7 Å². The van der Waals surface area contributed by atoms with Crippen molar-refractivity contribution in [3.8, 4) is 0 Å². The molecule has 0 saturated carbocycles. The van der Waals surface area contributed by atoms with Crippen LogP contribution in [0.15, 0.2) is 48.7 Å². The van der Waals surface area contributed by atoms with Crippen molar-refractivity contribution in [2.24, 2.45) is 0 Å². The monoisotopic (exact) mass is 298 g/mol. The van der Waals surface area contributed by atoms with Crippen LogP contribution in [0.5, 0.6) is 0 Å². The molecule has 0 aliphatic carbocycles. The highest BCUT2D eigenvalue weighted by Crippen LogP contribution is 2.33. The van der Waals surface area contributed by atoms with Crippen LogP contribution in [0.3, 0.4) is 0 Å². The lowest BCUT2D eigenvalue weighted by atomic mass is 10.0. The fourth-order valence-electron chi connectivity index (χ4n) is 1.94. The van der Waals surface area contributed by atoms with Gasteiger partial charge < -0.3 is 5.32 Å². The van der Waals surface area contributed by atoms with Crippen LogP contribution >= 0.6 is 0 Å². The molecule has 2 nitrogen and oxygen atoms in total. The minimum atomic E-state index is -4.44. The Hall–Kier alpha value is -1.95. The van der Waals surface area contributed by atoms with Gasteiger partial charge in [0.2, 0.25) is 0 Å². The maximum Gasteiger partial charge on any atom is 0.398 e. The van der Waals surface area contributed by atoms with E-state index in [1.54, 1.807) is 0 Å². The Kier molecular flexibility index (Phi) is 4.90. The molecule has 6 heteroatoms. The van der Waals surface area contributed by atoms with Gasteiger partial charge in [0.1, 0.15) is 11.7 Å². The SMILES string of the molecule is Fc1ccc(C(CNCc2ccccc2)C(F)(F)F)nc1. The van der Waals surface area contributed by atoms with Crippen molar-refractivity contribution >= 4 is 0 Å². The first-order valence-corrected chi connectivity index (χ1v) is 6.39. The van der Waals surface area contributed by atoms with Crippen LogP contribution in [0.25, 0.3) is 0 Å². The second kappa shape index (κ2) is 6.67. The average Bonchev–Trinajstić information content (AvgIpc) is 2.45. The Morgan fingerprint density at radius 2 is 1.76 bits per heavy atom. The van der Waals surface area contributed by atoms with E-state index in [1.165, 1.54) is 0 Å². The second-order valence-electron chi connectivity index (χ2n) is 4.61. The van der Waals surface area contributed by atoms with Crippen molar-refractivity contribution in [1.29, 1.82) is 0 Å². The first-order valence-electron chi connectivity index (χ1n) is 6.39. The molecule has 2 rings (SSSR count). The summed E-state index contributed by atoms with van der Waals surface area (Å²) in [4.78, 5) is 3.54. The summed E-state index contributed by atoms with van der Waals surface area (Å²) in [5, 5.41) is 2.77. The third-order valence-electron chi connectivity index (χ3n) is 3.02. The molecule has 1 aromatic heterocycles. The van der Waals surface area contributed by atoms with Crippen LogP contribution in [0.1, 0.15) is 17.2 Å². The van der Waals surface area contributed by atoms with Crippen LogP contribution in [0, 0.1) is 5.82 Å². The number of rotatable bonds is 5. The zero-order valence-corrected chi connectivity index (χ0v) is 11.1. The predicted molar refractivity (Wildman–Crippen MR) is 71.1 cm³/mol. The lowest BCUT2D eigenvalue weighted by molar-refractivity contribution is -0.150. The number of hydrogen-bond donors (Lipinski definition) is 1. The highest BCUT2D eigenvalue weighted by atomic mass is 19.4. The number of pyridine rings is 1. The van der Waals surface area contributed by atoms with Crippen molar-refractivity contribution in [1.82, 2.24) is 10.3 Å². The molecule has 1 atom stereocenters. The van der Waals surface area contributed by atoms with E-state index in [0.717, 1.165) is 23.9 Å². The van der Waals surface area contributed by atoms with Crippen molar-refractivity contribution in [2.75, 3.05) is 6.54 Å². The summed E-state index contributed by atoms with van der Waals surface area (Å²) >= 11 is 0. The number of nitrogens with zero attached hydrogens (tertiary/aromatic N) is 1. The molecule has 0 fully saturated rings. The molecular formula is C15H14F4N2. The van der Waals surface area contributed by atoms with Gasteiger partial charge in [-0.15, -0.1) is 0 Å². The Morgan fingerprint density at radius 1 is 1.05 bits per heavy atom. The molecular weight excluding hydrogens is 284 g/mol. The Bertz CT molecular complexity index is 552. The summed E-state index contributed by atoms with van der Waals surface area (Å²) < 4.78 is 51.9. The molecule has 0 bridgehead atoms. The van der Waals surface area contributed by atoms with Crippen LogP contribution in [-0.2, 0) is 6.54 Å². The Morgan fingerprint density at radius 3 is 2.33 bits per heavy atom. The van der Waals surface area contributed by atoms with Crippen molar-refractivity contribution < 1.29 is 17.6 Å². The molecule has 112 valence electrons. The van der Waals surface area contributed by atoms with Crippen LogP contribution in [0.2, 0.25) is 0 Å². The third kappa shape index (κ3) is 4.53. The number of benzene rings is 1. The zero-order chi connectivity index (χ0) is 15.3. The van der Waals surface area contributed by atoms with Gasteiger partial charge in [0.05, 0.1) is 11.9 Å². The highest BCUT2D eigenvalue weighted by Gasteiger charge is 2.41. The van der Waals surface area contributed by atoms with Crippen LogP contribution in [0.4, 0.5) is 17.6 Å². The molecule has 0 aliphatic rings. The van der Waals surface area contributed by atoms with Crippen molar-refractivity contribution in [3.63, 3.8) is 0 Å². The Balaban J connectivity index is 2.02. The first-order chi connectivity index (χ1) is 9.97. The number of alkyl halides is 3. The predicted octanol–water partition coefficient (Wildman–Crippen LogP) is 3.66. The number of aromatic nitrogens is 1. The summed E-state index contributed by atoms with van der Waals surface area (Å²) in [6.45, 7) is 0.0195. The van der Waals surface area contributed by atoms with Crippen molar-refractivity contribution in [2.45, 2.75) is 18.6 Å². The van der Waals surface area contributed by atoms with E-state index in [9.17, 15) is 17.6 Å². The quantitative estimate of drug-likeness (QED) is 0.852. The standard InChI is InChI=1S/C15H14F4N2/c16-12-6-7-14(21-9-12)13(15(17,18)19)10-20-8-11-4-2-1-3-5-11/h1-7,9,13,20H,8,10H2. The average molecular weight is 298 g/mol. The summed E-state index contributed by atoms with van der Waals surface area (Å²) in [5.74, 6) is -2.42. The van der Waals surface area contributed by atoms with Crippen LogP contribution in [-0.4, -0.2) is 17.7 Å². The van der Waals surface area contributed by atoms with Gasteiger partial charge in [0, 0.05) is 13.1 Å². The van der Waals surface area contributed by atoms with E-state index in [1.807, 2.05) is 30.3 Å². The maximum absolute atomic E-state index is 13.1. The lowest BCUT2D eigenvalue weighted by Crippen LogP contribution is -2.32. The minimum Gasteiger partial charge on any atom is -0.312 e. The molecule has 2 aromatic rings. The third-order valence-corrected chi connectivity index (χ3v) is 3.02. The summed E-state index contributed by atoms with van der Waals surface area (Å²) in [5.41, 5.74) is 0.704. The summed E-state index contributed by atoms with van der Waals surface area (Å²) in [7, 11) is 0. The highest BCUT2D eigenvalue weighted by molar-refractivity contribution is 5.16. The summed E-state index contributed by atoms with van der Waals surface area (Å²) in [6.07, 6.45) is -3.64. The summed E-state index contributed by atoms with van der Waals surface area (Å²) in [6, 6.07) is 11.2. The minimum absolute atomic E-state index is 0.190. The molecule has 0 radical (unpaired) electrons. The molecule has 1 aromatic carbocycles. The molecule has 1 heterocycles. The van der Waals surface area contributed by atoms with Gasteiger partial charge in [0.15, 0.2) is 0 Å². The molecule has 0 saturated heterocycles. The fraction of sp³-hybridized carbons (Fsp3) is 0.267. The largest absolute Gasteiger partial charge is 0.398 e. The van der Waals surface area contributed by atoms with Gasteiger partial charge >= 0.3 is 6.18 Å². The lowest BCUT2D eigenvalue weighted by Gasteiger charge is -2.20. The zero-order valence-electron chi connectivity index (χ0n) is 11.1. The maximum atomic E-state index is 13.1. The van der Waals surface area contributed by atoms with E-state index in [4.69, 9.17) is 0 Å². The molecule has 0 amide bonds. The van der Waals surface area contributed by atoms with E-state index in [-0.39, 0.29) is 12.2 Å². The Labute approximate surface area is 119 Å². The van der Waals surface area contributed by atoms with Gasteiger partial charge in [-0.3, -0.25) is 4.98 Å². The van der Waals surface area contributed by atoms with Gasteiger partial charge in [-0.1, -0.05) is 30.3 Å². The first kappa shape index (κ1) is 15.4. The number of hydrogen-bond acceptors (Lipinski definition) is 2. The topological polar surface area (TPSA) is 24.9 Å². The molecule has 0 aliphatic heterocycles. The molecule has 1 N–H and O–H groups in total. The van der Waals surface area contributed by atoms with E-state index < -0.39 is 17.9 Å². The van der Waals surface area contributed by atoms with E-state index in [0.29, 0.717) is 6.54 Å². The molecule has 0 spiro atoms. The van der Waals surface area contributed by atoms with Gasteiger partial charge in [0.25, 0.3) is 0 Å². The van der Waals surface area contributed by atoms with E-state index >= 15 is 0 Å². The smallest absolute Gasteiger partial charge is 0.312 e. The molecule has 1 unspecified atom stereocenters. The molecule has 21 heavy (non-hydrogen) atoms. The van der Waals surface area contributed by atoms with E-state index in [2.05, 4.69) is 10.3 Å². The van der Waals surface area contributed by atoms with Gasteiger partial charge in [-0.2, -0.15) is 13.2 Å². The number of nitrogens with one attached hydrogen (secondary N) is 1. The number of halogens is 4. The second-order valence-corrected chi connectivity index (χ2v) is 4.61. The fourth-order valence-corrected chi connectivity index (χ4v) is 1.94. The normalized spacial score (nSPS) is 13.1.